The predicted octanol–water partition coefficient (Wildman–Crippen LogP) is 6.47. The molecule has 0 bridgehead atoms. The van der Waals surface area contributed by atoms with Crippen molar-refractivity contribution in [1.82, 2.24) is 4.90 Å². The van der Waals surface area contributed by atoms with Crippen LogP contribution < -0.4 is 0 Å². The van der Waals surface area contributed by atoms with Crippen LogP contribution in [-0.4, -0.2) is 42.9 Å². The van der Waals surface area contributed by atoms with Crippen molar-refractivity contribution in [3.63, 3.8) is 0 Å². The third-order valence-corrected chi connectivity index (χ3v) is 5.81. The molecule has 3 heteroatoms. The van der Waals surface area contributed by atoms with Gasteiger partial charge in [0.05, 0.1) is 19.6 Å². The fourth-order valence-corrected chi connectivity index (χ4v) is 4.06. The highest BCUT2D eigenvalue weighted by Gasteiger charge is 2.25. The van der Waals surface area contributed by atoms with Crippen molar-refractivity contribution in [2.75, 3.05) is 33.4 Å². The number of quaternary nitrogens is 1. The van der Waals surface area contributed by atoms with Gasteiger partial charge in [0.15, 0.2) is 0 Å². The Kier molecular flexibility index (Phi) is 13.7. The molecule has 1 heterocycles. The van der Waals surface area contributed by atoms with Crippen LogP contribution in [0, 0.1) is 5.21 Å². The summed E-state index contributed by atoms with van der Waals surface area (Å²) in [6.45, 7) is 5.61. The minimum absolute atomic E-state index is 0.0368. The van der Waals surface area contributed by atoms with E-state index in [9.17, 15) is 5.21 Å². The molecule has 0 aromatic heterocycles. The van der Waals surface area contributed by atoms with E-state index in [-0.39, 0.29) is 4.65 Å². The van der Waals surface area contributed by atoms with E-state index in [2.05, 4.69) is 18.9 Å². The molecule has 0 radical (unpaired) electrons. The Balaban J connectivity index is 1.72. The summed E-state index contributed by atoms with van der Waals surface area (Å²) < 4.78 is 0.0368. The normalized spacial score (nSPS) is 21.2. The first-order chi connectivity index (χ1) is 12.2. The van der Waals surface area contributed by atoms with E-state index < -0.39 is 0 Å². The fourth-order valence-electron chi connectivity index (χ4n) is 4.06. The molecule has 0 N–H and O–H groups in total. The molecule has 150 valence electrons. The lowest BCUT2D eigenvalue weighted by molar-refractivity contribution is -0.872. The van der Waals surface area contributed by atoms with Crippen molar-refractivity contribution in [1.29, 1.82) is 0 Å². The second kappa shape index (κ2) is 15.0. The van der Waals surface area contributed by atoms with Crippen LogP contribution in [-0.2, 0) is 0 Å². The topological polar surface area (TPSA) is 26.3 Å². The lowest BCUT2D eigenvalue weighted by Gasteiger charge is -2.38. The van der Waals surface area contributed by atoms with Crippen molar-refractivity contribution in [2.24, 2.45) is 0 Å². The Morgan fingerprint density at radius 1 is 0.680 bits per heavy atom. The first kappa shape index (κ1) is 22.9. The van der Waals surface area contributed by atoms with E-state index >= 15 is 0 Å². The van der Waals surface area contributed by atoms with Gasteiger partial charge in [-0.1, -0.05) is 96.8 Å². The highest BCUT2D eigenvalue weighted by Crippen LogP contribution is 2.17. The second-order valence-electron chi connectivity index (χ2n) is 8.53. The van der Waals surface area contributed by atoms with E-state index in [1.165, 1.54) is 96.3 Å². The molecule has 3 nitrogen and oxygen atoms in total. The summed E-state index contributed by atoms with van der Waals surface area (Å²) in [7, 11) is 2.06. The van der Waals surface area contributed by atoms with Crippen LogP contribution in [0.5, 0.6) is 0 Å². The molecule has 1 aliphatic rings. The molecule has 1 atom stereocenters. The molecule has 0 aromatic rings. The number of hydroxylamine groups is 3. The summed E-state index contributed by atoms with van der Waals surface area (Å²) in [5.74, 6) is 0. The van der Waals surface area contributed by atoms with E-state index in [1.807, 2.05) is 0 Å². The van der Waals surface area contributed by atoms with Crippen molar-refractivity contribution < 1.29 is 4.65 Å². The Hall–Kier alpha value is -0.120. The number of unbranched alkanes of at least 4 members (excludes halogenated alkanes) is 15. The molecule has 1 saturated heterocycles. The molecule has 1 aliphatic heterocycles. The molecule has 0 aliphatic carbocycles. The predicted molar refractivity (Wildman–Crippen MR) is 110 cm³/mol. The minimum Gasteiger partial charge on any atom is -0.632 e. The number of rotatable bonds is 17. The first-order valence-electron chi connectivity index (χ1n) is 11.4. The Labute approximate surface area is 158 Å². The summed E-state index contributed by atoms with van der Waals surface area (Å²) >= 11 is 0. The average Bonchev–Trinajstić information content (AvgIpc) is 2.93. The number of nitrogens with zero attached hydrogens (tertiary/aromatic N) is 2. The van der Waals surface area contributed by atoms with Gasteiger partial charge in [-0.3, -0.25) is 4.90 Å². The lowest BCUT2D eigenvalue weighted by Crippen LogP contribution is -2.41. The van der Waals surface area contributed by atoms with Gasteiger partial charge in [0, 0.05) is 0 Å². The first-order valence-corrected chi connectivity index (χ1v) is 11.4. The van der Waals surface area contributed by atoms with Gasteiger partial charge in [-0.15, -0.1) is 0 Å². The number of likely N-dealkylation sites (N-methyl/N-ethyl adjacent to an activating group) is 1. The third-order valence-electron chi connectivity index (χ3n) is 5.81. The quantitative estimate of drug-likeness (QED) is 0.170. The molecular formula is C22H46N2O. The van der Waals surface area contributed by atoms with Crippen LogP contribution in [0.3, 0.4) is 0 Å². The van der Waals surface area contributed by atoms with Gasteiger partial charge >= 0.3 is 0 Å². The van der Waals surface area contributed by atoms with Crippen LogP contribution in [0.25, 0.3) is 0 Å². The van der Waals surface area contributed by atoms with Gasteiger partial charge in [0.2, 0.25) is 0 Å². The maximum absolute atomic E-state index is 12.4. The van der Waals surface area contributed by atoms with Gasteiger partial charge < -0.3 is 9.85 Å². The van der Waals surface area contributed by atoms with Crippen LogP contribution >= 0.6 is 0 Å². The number of hydrogen-bond donors (Lipinski definition) is 0. The summed E-state index contributed by atoms with van der Waals surface area (Å²) in [6, 6.07) is 0. The Morgan fingerprint density at radius 2 is 1.08 bits per heavy atom. The van der Waals surface area contributed by atoms with Crippen molar-refractivity contribution in [2.45, 2.75) is 110 Å². The number of hydrogen-bond acceptors (Lipinski definition) is 2. The Morgan fingerprint density at radius 3 is 1.44 bits per heavy atom. The van der Waals surface area contributed by atoms with Crippen LogP contribution in [0.1, 0.15) is 110 Å². The molecular weight excluding hydrogens is 308 g/mol. The largest absolute Gasteiger partial charge is 0.632 e. The highest BCUT2D eigenvalue weighted by atomic mass is 16.6. The van der Waals surface area contributed by atoms with Crippen LogP contribution in [0.4, 0.5) is 0 Å². The van der Waals surface area contributed by atoms with Gasteiger partial charge in [-0.25, -0.2) is 0 Å². The smallest absolute Gasteiger partial charge is 0.134 e. The van der Waals surface area contributed by atoms with E-state index in [1.54, 1.807) is 0 Å². The monoisotopic (exact) mass is 354 g/mol. The minimum atomic E-state index is 0.0368. The van der Waals surface area contributed by atoms with Gasteiger partial charge in [-0.2, -0.15) is 0 Å². The summed E-state index contributed by atoms with van der Waals surface area (Å²) in [4.78, 5) is 2.17. The molecule has 1 fully saturated rings. The lowest BCUT2D eigenvalue weighted by atomic mass is 10.0. The average molecular weight is 355 g/mol. The van der Waals surface area contributed by atoms with Crippen LogP contribution in [0.2, 0.25) is 0 Å². The summed E-state index contributed by atoms with van der Waals surface area (Å²) in [5, 5.41) is 12.4. The van der Waals surface area contributed by atoms with E-state index in [0.717, 1.165) is 26.1 Å². The molecule has 1 unspecified atom stereocenters. The highest BCUT2D eigenvalue weighted by molar-refractivity contribution is 4.58. The van der Waals surface area contributed by atoms with Crippen LogP contribution in [0.15, 0.2) is 0 Å². The van der Waals surface area contributed by atoms with Gasteiger partial charge in [-0.05, 0) is 19.9 Å². The van der Waals surface area contributed by atoms with Gasteiger partial charge in [0.1, 0.15) is 6.67 Å². The molecule has 0 spiro atoms. The molecule has 25 heavy (non-hydrogen) atoms. The maximum Gasteiger partial charge on any atom is 0.134 e. The second-order valence-corrected chi connectivity index (χ2v) is 8.53. The standard InChI is InChI=1S/C22H46N2O/c1-3-4-5-6-7-8-9-10-11-12-13-14-15-16-17-18-20-24(25)21-19-23(2)22-24/h3-22H2,1-2H3. The molecule has 1 rings (SSSR count). The van der Waals surface area contributed by atoms with E-state index in [0.29, 0.717) is 6.67 Å². The summed E-state index contributed by atoms with van der Waals surface area (Å²) in [5.41, 5.74) is 0. The zero-order valence-corrected chi connectivity index (χ0v) is 17.4. The Bertz CT molecular complexity index is 298. The van der Waals surface area contributed by atoms with Crippen molar-refractivity contribution >= 4 is 0 Å². The maximum atomic E-state index is 12.4. The molecule has 0 saturated carbocycles. The zero-order valence-electron chi connectivity index (χ0n) is 17.4. The zero-order chi connectivity index (χ0) is 18.2. The SMILES string of the molecule is CCCCCCCCCCCCCCCCCC[N+]1([O-])CCN(C)C1. The third kappa shape index (κ3) is 12.8. The van der Waals surface area contributed by atoms with Crippen molar-refractivity contribution in [3.05, 3.63) is 5.21 Å². The van der Waals surface area contributed by atoms with E-state index in [4.69, 9.17) is 0 Å². The fraction of sp³-hybridized carbons (Fsp3) is 1.00. The summed E-state index contributed by atoms with van der Waals surface area (Å²) in [6.07, 6.45) is 22.3. The van der Waals surface area contributed by atoms with Gasteiger partial charge in [0.25, 0.3) is 0 Å². The van der Waals surface area contributed by atoms with Crippen molar-refractivity contribution in [3.8, 4) is 0 Å². The molecule has 0 aromatic carbocycles. The molecule has 0 amide bonds.